The lowest BCUT2D eigenvalue weighted by Gasteiger charge is -2.24. The molecule has 3 aliphatic rings. The van der Waals surface area contributed by atoms with Gasteiger partial charge in [0.15, 0.2) is 11.6 Å². The molecular formula is C19H22FN5O5S. The van der Waals surface area contributed by atoms with Gasteiger partial charge in [0.1, 0.15) is 17.8 Å². The molecule has 1 heterocycles. The predicted molar refractivity (Wildman–Crippen MR) is 108 cm³/mol. The number of aliphatic hydroxyl groups excluding tert-OH is 1. The summed E-state index contributed by atoms with van der Waals surface area (Å²) in [5, 5.41) is 31.9. The van der Waals surface area contributed by atoms with Gasteiger partial charge in [0.2, 0.25) is 5.95 Å². The third kappa shape index (κ3) is 3.53. The van der Waals surface area contributed by atoms with Gasteiger partial charge in [-0.2, -0.15) is 13.4 Å². The summed E-state index contributed by atoms with van der Waals surface area (Å²) in [6.45, 7) is 0. The van der Waals surface area contributed by atoms with Gasteiger partial charge in [0, 0.05) is 5.92 Å². The fourth-order valence-corrected chi connectivity index (χ4v) is 5.44. The first-order valence-corrected chi connectivity index (χ1v) is 11.4. The van der Waals surface area contributed by atoms with Crippen molar-refractivity contribution in [3.8, 4) is 0 Å². The normalized spacial score (nSPS) is 33.6. The van der Waals surface area contributed by atoms with Crippen molar-refractivity contribution < 1.29 is 27.2 Å². The molecule has 3 aliphatic carbocycles. The molecule has 5 rings (SSSR count). The number of benzene rings is 1. The van der Waals surface area contributed by atoms with Crippen LogP contribution in [0.5, 0.6) is 0 Å². The number of aromatic nitrogens is 2. The molecule has 1 aromatic carbocycles. The van der Waals surface area contributed by atoms with E-state index in [2.05, 4.69) is 30.9 Å². The van der Waals surface area contributed by atoms with Gasteiger partial charge in [-0.1, -0.05) is 24.3 Å². The summed E-state index contributed by atoms with van der Waals surface area (Å²) in [5.41, 5.74) is 0.639. The van der Waals surface area contributed by atoms with E-state index in [1.807, 2.05) is 18.2 Å². The Labute approximate surface area is 177 Å². The fraction of sp³-hybridized carbons (Fsp3) is 0.474. The van der Waals surface area contributed by atoms with E-state index in [0.717, 1.165) is 24.6 Å². The van der Waals surface area contributed by atoms with Crippen LogP contribution in [0.3, 0.4) is 0 Å². The Bertz CT molecular complexity index is 1130. The molecule has 0 saturated heterocycles. The Balaban J connectivity index is 1.28. The third-order valence-corrected chi connectivity index (χ3v) is 6.88. The van der Waals surface area contributed by atoms with Gasteiger partial charge in [-0.25, -0.2) is 14.5 Å². The second-order valence-electron chi connectivity index (χ2n) is 8.26. The number of hydrogen-bond donors (Lipinski definition) is 5. The number of fused-ring (bicyclic) bond motifs is 2. The Kier molecular flexibility index (Phi) is 4.68. The molecule has 0 radical (unpaired) electrons. The molecule has 6 N–H and O–H groups in total. The maximum atomic E-state index is 14.3. The Morgan fingerprint density at radius 2 is 2.06 bits per heavy atom. The van der Waals surface area contributed by atoms with Crippen LogP contribution in [0.2, 0.25) is 0 Å². The predicted octanol–water partition coefficient (Wildman–Crippen LogP) is 0.210. The first-order chi connectivity index (χ1) is 14.7. The number of hydrogen-bond acceptors (Lipinski definition) is 9. The summed E-state index contributed by atoms with van der Waals surface area (Å²) in [6.07, 6.45) is 0.463. The quantitative estimate of drug-likeness (QED) is 0.414. The maximum absolute atomic E-state index is 14.3. The van der Waals surface area contributed by atoms with E-state index in [9.17, 15) is 23.0 Å². The Hall–Kier alpha value is -2.38. The molecule has 0 aliphatic heterocycles. The molecule has 1 unspecified atom stereocenters. The van der Waals surface area contributed by atoms with Crippen LogP contribution in [-0.4, -0.2) is 52.4 Å². The van der Waals surface area contributed by atoms with Gasteiger partial charge in [-0.15, -0.1) is 0 Å². The van der Waals surface area contributed by atoms with E-state index in [1.165, 1.54) is 5.56 Å². The zero-order valence-corrected chi connectivity index (χ0v) is 17.1. The minimum atomic E-state index is -4.27. The molecule has 0 bridgehead atoms. The monoisotopic (exact) mass is 451 g/mol. The van der Waals surface area contributed by atoms with Crippen LogP contribution in [0.25, 0.3) is 0 Å². The van der Waals surface area contributed by atoms with Crippen LogP contribution in [0.15, 0.2) is 30.5 Å². The molecule has 1 aromatic heterocycles. The van der Waals surface area contributed by atoms with Gasteiger partial charge < -0.3 is 20.8 Å². The number of aliphatic hydroxyl groups is 2. The number of rotatable bonds is 6. The number of nitrogens with zero attached hydrogens (tertiary/aromatic N) is 2. The zero-order chi connectivity index (χ0) is 22.0. The van der Waals surface area contributed by atoms with Crippen LogP contribution >= 0.6 is 0 Å². The van der Waals surface area contributed by atoms with Crippen molar-refractivity contribution in [3.05, 3.63) is 47.4 Å². The number of nitrogens with two attached hydrogens (primary N) is 1. The minimum Gasteiger partial charge on any atom is -0.388 e. The average Bonchev–Trinajstić information content (AvgIpc) is 3.00. The van der Waals surface area contributed by atoms with Crippen molar-refractivity contribution in [2.45, 2.75) is 49.2 Å². The van der Waals surface area contributed by atoms with Crippen molar-refractivity contribution in [1.82, 2.24) is 9.97 Å². The van der Waals surface area contributed by atoms with Crippen LogP contribution in [-0.2, 0) is 20.9 Å². The van der Waals surface area contributed by atoms with Crippen LogP contribution in [0.1, 0.15) is 30.0 Å². The molecular weight excluding hydrogens is 429 g/mol. The minimum absolute atomic E-state index is 0.0102. The second kappa shape index (κ2) is 7.07. The molecule has 2 saturated carbocycles. The first-order valence-electron chi connectivity index (χ1n) is 9.91. The number of aryl methyl sites for hydroxylation is 1. The molecule has 12 heteroatoms. The van der Waals surface area contributed by atoms with Crippen molar-refractivity contribution in [1.29, 1.82) is 0 Å². The van der Waals surface area contributed by atoms with Crippen molar-refractivity contribution in [3.63, 3.8) is 0 Å². The molecule has 166 valence electrons. The highest BCUT2D eigenvalue weighted by atomic mass is 32.2. The van der Waals surface area contributed by atoms with E-state index >= 15 is 0 Å². The number of halogens is 1. The van der Waals surface area contributed by atoms with Crippen LogP contribution < -0.4 is 15.8 Å². The van der Waals surface area contributed by atoms with Crippen molar-refractivity contribution in [2.24, 2.45) is 11.1 Å². The lowest BCUT2D eigenvalue weighted by molar-refractivity contribution is -0.0205. The summed E-state index contributed by atoms with van der Waals surface area (Å²) in [7, 11) is -4.27. The van der Waals surface area contributed by atoms with Gasteiger partial charge >= 0.3 is 10.3 Å². The highest BCUT2D eigenvalue weighted by Gasteiger charge is 2.76. The highest BCUT2D eigenvalue weighted by Crippen LogP contribution is 2.58. The topological polar surface area (TPSA) is 160 Å². The lowest BCUT2D eigenvalue weighted by atomic mass is 10.1. The summed E-state index contributed by atoms with van der Waals surface area (Å²) in [4.78, 5) is 8.21. The standard InChI is InChI=1S/C19H22FN5O5S/c20-12-8-22-18(24-13-6-5-9-3-1-2-4-10(9)13)25-17(12)23-14-7-11-16(30-31(21,28)29)19(11,27)15(14)26/h1-4,8,11,13-16,26-27H,5-7H2,(H2,21,28,29)(H2,22,23,24,25)/t11-,13+,14-,15?,16+,19-/m1/s1. The Morgan fingerprint density at radius 3 is 2.77 bits per heavy atom. The van der Waals surface area contributed by atoms with E-state index in [4.69, 9.17) is 5.14 Å². The smallest absolute Gasteiger partial charge is 0.333 e. The summed E-state index contributed by atoms with van der Waals surface area (Å²) in [6, 6.07) is 7.31. The van der Waals surface area contributed by atoms with Crippen molar-refractivity contribution >= 4 is 22.1 Å². The molecule has 10 nitrogen and oxygen atoms in total. The highest BCUT2D eigenvalue weighted by molar-refractivity contribution is 7.84. The number of nitrogens with one attached hydrogen (secondary N) is 2. The van der Waals surface area contributed by atoms with E-state index in [-0.39, 0.29) is 24.2 Å². The summed E-state index contributed by atoms with van der Waals surface area (Å²) >= 11 is 0. The number of anilines is 2. The second-order valence-corrected chi connectivity index (χ2v) is 9.44. The summed E-state index contributed by atoms with van der Waals surface area (Å²) < 4.78 is 41.2. The van der Waals surface area contributed by atoms with Gasteiger partial charge in [-0.3, -0.25) is 4.18 Å². The summed E-state index contributed by atoms with van der Waals surface area (Å²) in [5.74, 6) is -1.25. The average molecular weight is 451 g/mol. The van der Waals surface area contributed by atoms with E-state index in [1.54, 1.807) is 0 Å². The van der Waals surface area contributed by atoms with Crippen LogP contribution in [0.4, 0.5) is 16.2 Å². The van der Waals surface area contributed by atoms with Gasteiger partial charge in [-0.05, 0) is 30.4 Å². The van der Waals surface area contributed by atoms with Crippen molar-refractivity contribution in [2.75, 3.05) is 10.6 Å². The van der Waals surface area contributed by atoms with Crippen LogP contribution in [0, 0.1) is 11.7 Å². The third-order valence-electron chi connectivity index (χ3n) is 6.41. The molecule has 0 spiro atoms. The maximum Gasteiger partial charge on any atom is 0.333 e. The van der Waals surface area contributed by atoms with Gasteiger partial charge in [0.25, 0.3) is 0 Å². The Morgan fingerprint density at radius 1 is 1.29 bits per heavy atom. The molecule has 2 aromatic rings. The van der Waals surface area contributed by atoms with E-state index in [0.29, 0.717) is 0 Å². The molecule has 6 atom stereocenters. The SMILES string of the molecule is NS(=O)(=O)O[C@H]1[C@H]2C[C@@H](Nc3nc(N[C@H]4CCc5ccccc54)ncc3F)C(O)[C@]21O. The largest absolute Gasteiger partial charge is 0.388 e. The van der Waals surface area contributed by atoms with E-state index < -0.39 is 45.9 Å². The molecule has 0 amide bonds. The van der Waals surface area contributed by atoms with Gasteiger partial charge in [0.05, 0.1) is 18.3 Å². The molecule has 2 fully saturated rings. The molecule has 31 heavy (non-hydrogen) atoms. The fourth-order valence-electron chi connectivity index (χ4n) is 4.86. The zero-order valence-electron chi connectivity index (χ0n) is 16.3. The lowest BCUT2D eigenvalue weighted by Crippen LogP contribution is -2.43. The first kappa shape index (κ1) is 20.5.